The molecule has 2 N–H and O–H groups in total. The largest absolute Gasteiger partial charge is 0.368 e. The van der Waals surface area contributed by atoms with Gasteiger partial charge in [0.1, 0.15) is 0 Å². The van der Waals surface area contributed by atoms with Crippen molar-refractivity contribution in [3.63, 3.8) is 0 Å². The van der Waals surface area contributed by atoms with Gasteiger partial charge in [0.05, 0.1) is 0 Å². The zero-order valence-corrected chi connectivity index (χ0v) is 19.3. The molecule has 1 aromatic carbocycles. The highest BCUT2D eigenvalue weighted by Crippen LogP contribution is 2.41. The van der Waals surface area contributed by atoms with E-state index >= 15 is 0 Å². The monoisotopic (exact) mass is 397 g/mol. The predicted molar refractivity (Wildman–Crippen MR) is 128 cm³/mol. The van der Waals surface area contributed by atoms with Crippen LogP contribution in [0.3, 0.4) is 0 Å². The lowest BCUT2D eigenvalue weighted by atomic mass is 9.72. The summed E-state index contributed by atoms with van der Waals surface area (Å²) >= 11 is 0. The molecule has 1 saturated heterocycles. The molecule has 1 aliphatic carbocycles. The van der Waals surface area contributed by atoms with Crippen molar-refractivity contribution in [1.82, 2.24) is 4.90 Å². The van der Waals surface area contributed by atoms with Gasteiger partial charge in [-0.2, -0.15) is 0 Å². The fourth-order valence-corrected chi connectivity index (χ4v) is 4.89. The summed E-state index contributed by atoms with van der Waals surface area (Å²) in [6.45, 7) is 16.1. The maximum atomic E-state index is 5.86. The van der Waals surface area contributed by atoms with Gasteiger partial charge in [0.2, 0.25) is 0 Å². The van der Waals surface area contributed by atoms with E-state index in [9.17, 15) is 0 Å². The van der Waals surface area contributed by atoms with E-state index in [2.05, 4.69) is 61.8 Å². The van der Waals surface area contributed by atoms with Gasteiger partial charge < -0.3 is 10.6 Å². The molecule has 29 heavy (non-hydrogen) atoms. The van der Waals surface area contributed by atoms with Crippen molar-refractivity contribution in [2.75, 3.05) is 44.2 Å². The Morgan fingerprint density at radius 2 is 1.86 bits per heavy atom. The first-order valence-electron chi connectivity index (χ1n) is 11.9. The number of allylic oxidation sites excluding steroid dienone is 2. The summed E-state index contributed by atoms with van der Waals surface area (Å²) in [4.78, 5) is 5.27. The second kappa shape index (κ2) is 10.1. The van der Waals surface area contributed by atoms with Crippen LogP contribution in [-0.2, 0) is 6.42 Å². The van der Waals surface area contributed by atoms with Crippen molar-refractivity contribution in [2.24, 2.45) is 17.1 Å². The first-order chi connectivity index (χ1) is 13.9. The highest BCUT2D eigenvalue weighted by Gasteiger charge is 2.28. The van der Waals surface area contributed by atoms with E-state index in [-0.39, 0.29) is 0 Å². The molecule has 0 spiro atoms. The summed E-state index contributed by atoms with van der Waals surface area (Å²) in [6.07, 6.45) is 9.85. The lowest BCUT2D eigenvalue weighted by Gasteiger charge is -2.38. The van der Waals surface area contributed by atoms with Gasteiger partial charge in [-0.15, -0.1) is 0 Å². The number of rotatable bonds is 7. The highest BCUT2D eigenvalue weighted by atomic mass is 15.3. The number of benzene rings is 1. The van der Waals surface area contributed by atoms with Crippen molar-refractivity contribution in [3.8, 4) is 0 Å². The third-order valence-corrected chi connectivity index (χ3v) is 7.02. The Kier molecular flexibility index (Phi) is 7.81. The normalized spacial score (nSPS) is 21.3. The van der Waals surface area contributed by atoms with E-state index in [1.807, 2.05) is 0 Å². The molecule has 162 valence electrons. The topological polar surface area (TPSA) is 32.5 Å². The van der Waals surface area contributed by atoms with Crippen molar-refractivity contribution in [1.29, 1.82) is 0 Å². The van der Waals surface area contributed by atoms with Crippen LogP contribution >= 0.6 is 0 Å². The van der Waals surface area contributed by atoms with Crippen LogP contribution in [0.25, 0.3) is 5.57 Å². The lowest BCUT2D eigenvalue weighted by Crippen LogP contribution is -2.47. The number of anilines is 1. The molecule has 1 fully saturated rings. The maximum Gasteiger partial charge on any atom is 0.0446 e. The molecule has 1 unspecified atom stereocenters. The highest BCUT2D eigenvalue weighted by molar-refractivity contribution is 5.78. The van der Waals surface area contributed by atoms with Gasteiger partial charge in [0, 0.05) is 37.4 Å². The van der Waals surface area contributed by atoms with Gasteiger partial charge in [0.25, 0.3) is 0 Å². The average Bonchev–Trinajstić information content (AvgIpc) is 2.72. The second-order valence-electron chi connectivity index (χ2n) is 10.1. The number of hydrogen-bond donors (Lipinski definition) is 1. The Bertz CT molecular complexity index is 678. The van der Waals surface area contributed by atoms with Crippen molar-refractivity contribution < 1.29 is 0 Å². The van der Waals surface area contributed by atoms with Crippen LogP contribution in [0.5, 0.6) is 0 Å². The van der Waals surface area contributed by atoms with E-state index in [1.54, 1.807) is 5.57 Å². The Hall–Kier alpha value is -1.32. The molecule has 3 nitrogen and oxygen atoms in total. The maximum absolute atomic E-state index is 5.86. The molecule has 2 aliphatic rings. The van der Waals surface area contributed by atoms with Crippen molar-refractivity contribution >= 4 is 11.3 Å². The fraction of sp³-hybridized carbons (Fsp3) is 0.692. The standard InChI is InChI=1S/C26H43N3/c1-5-6-15-28-16-18-29(19-17-28)25-20-21(13-14-27)7-12-24(25)22-8-10-23(11-9-22)26(2,3)4/h7-8,12,20,23H,5-6,9-11,13-19,27H2,1-4H3. The van der Waals surface area contributed by atoms with Crippen LogP contribution in [0.2, 0.25) is 0 Å². The third-order valence-electron chi connectivity index (χ3n) is 7.02. The lowest BCUT2D eigenvalue weighted by molar-refractivity contribution is 0.225. The van der Waals surface area contributed by atoms with Gasteiger partial charge in [-0.3, -0.25) is 4.90 Å². The minimum atomic E-state index is 0.407. The second-order valence-corrected chi connectivity index (χ2v) is 10.1. The summed E-state index contributed by atoms with van der Waals surface area (Å²) in [6, 6.07) is 7.12. The van der Waals surface area contributed by atoms with Gasteiger partial charge in [0.15, 0.2) is 0 Å². The molecular formula is C26H43N3. The predicted octanol–water partition coefficient (Wildman–Crippen LogP) is 5.34. The molecule has 0 saturated carbocycles. The third kappa shape index (κ3) is 5.86. The van der Waals surface area contributed by atoms with Crippen molar-refractivity contribution in [3.05, 3.63) is 35.4 Å². The molecule has 0 amide bonds. The summed E-state index contributed by atoms with van der Waals surface area (Å²) in [5.41, 5.74) is 12.1. The van der Waals surface area contributed by atoms with Crippen molar-refractivity contribution in [2.45, 2.75) is 66.2 Å². The first kappa shape index (κ1) is 22.4. The van der Waals surface area contributed by atoms with Gasteiger partial charge >= 0.3 is 0 Å². The first-order valence-corrected chi connectivity index (χ1v) is 11.9. The molecule has 1 heterocycles. The number of nitrogens with two attached hydrogens (primary N) is 1. The van der Waals surface area contributed by atoms with Crippen LogP contribution in [-0.4, -0.2) is 44.2 Å². The molecule has 1 atom stereocenters. The quantitative estimate of drug-likeness (QED) is 0.674. The van der Waals surface area contributed by atoms with E-state index in [1.165, 1.54) is 68.6 Å². The molecular weight excluding hydrogens is 354 g/mol. The average molecular weight is 398 g/mol. The number of unbranched alkanes of at least 4 members (excludes halogenated alkanes) is 1. The molecule has 0 bridgehead atoms. The van der Waals surface area contributed by atoms with E-state index < -0.39 is 0 Å². The van der Waals surface area contributed by atoms with Gasteiger partial charge in [-0.25, -0.2) is 0 Å². The number of nitrogens with zero attached hydrogens (tertiary/aromatic N) is 2. The SMILES string of the molecule is CCCCN1CCN(c2cc(CCN)ccc2C2=CCC(C(C)(C)C)CC2)CC1. The minimum Gasteiger partial charge on any atom is -0.368 e. The zero-order valence-electron chi connectivity index (χ0n) is 19.3. The Labute approximate surface area is 179 Å². The fourth-order valence-electron chi connectivity index (χ4n) is 4.89. The van der Waals surface area contributed by atoms with Crippen LogP contribution < -0.4 is 10.6 Å². The Morgan fingerprint density at radius 3 is 2.45 bits per heavy atom. The van der Waals surface area contributed by atoms with Gasteiger partial charge in [-0.05, 0) is 73.7 Å². The summed E-state index contributed by atoms with van der Waals surface area (Å²) < 4.78 is 0. The molecule has 0 aromatic heterocycles. The van der Waals surface area contributed by atoms with E-state index in [0.29, 0.717) is 5.41 Å². The number of hydrogen-bond acceptors (Lipinski definition) is 3. The Morgan fingerprint density at radius 1 is 1.10 bits per heavy atom. The van der Waals surface area contributed by atoms with Crippen LogP contribution in [0.1, 0.15) is 70.9 Å². The molecule has 1 aliphatic heterocycles. The van der Waals surface area contributed by atoms with Crippen LogP contribution in [0.4, 0.5) is 5.69 Å². The summed E-state index contributed by atoms with van der Waals surface area (Å²) in [5, 5.41) is 0. The van der Waals surface area contributed by atoms with E-state index in [4.69, 9.17) is 5.73 Å². The minimum absolute atomic E-state index is 0.407. The molecule has 3 rings (SSSR count). The van der Waals surface area contributed by atoms with Crippen LogP contribution in [0.15, 0.2) is 24.3 Å². The molecule has 0 radical (unpaired) electrons. The van der Waals surface area contributed by atoms with Crippen LogP contribution in [0, 0.1) is 11.3 Å². The molecule has 3 heteroatoms. The van der Waals surface area contributed by atoms with E-state index in [0.717, 1.165) is 32.0 Å². The zero-order chi connectivity index (χ0) is 20.9. The number of piperazine rings is 1. The summed E-state index contributed by atoms with van der Waals surface area (Å²) in [5.74, 6) is 0.799. The summed E-state index contributed by atoms with van der Waals surface area (Å²) in [7, 11) is 0. The smallest absolute Gasteiger partial charge is 0.0446 e. The molecule has 1 aromatic rings. The van der Waals surface area contributed by atoms with Gasteiger partial charge in [-0.1, -0.05) is 52.3 Å². The Balaban J connectivity index is 1.79.